The van der Waals surface area contributed by atoms with Gasteiger partial charge in [0.15, 0.2) is 28.3 Å². The molecule has 15 nitrogen and oxygen atoms in total. The summed E-state index contributed by atoms with van der Waals surface area (Å²) in [4.78, 5) is 71.2. The Hall–Kier alpha value is -7.12. The molecule has 1 aliphatic rings. The molecule has 0 bridgehead atoms. The van der Waals surface area contributed by atoms with Gasteiger partial charge in [-0.05, 0) is 105 Å². The number of hydrogen-bond acceptors (Lipinski definition) is 10. The Morgan fingerprint density at radius 1 is 0.986 bits per heavy atom. The molecule has 22 heteroatoms. The first-order valence-electron chi connectivity index (χ1n) is 22.6. The van der Waals surface area contributed by atoms with E-state index in [-0.39, 0.29) is 55.0 Å². The number of carbonyl (C=O) groups excluding carboxylic acids is 5. The number of nitrogens with two attached hydrogens (primary N) is 1. The molecular formula is C50H54F6N8O7S. The average Bonchev–Trinajstić information content (AvgIpc) is 3.82. The van der Waals surface area contributed by atoms with Gasteiger partial charge in [0.05, 0.1) is 41.4 Å². The minimum atomic E-state index is -5.23. The van der Waals surface area contributed by atoms with Crippen molar-refractivity contribution < 1.29 is 59.8 Å². The summed E-state index contributed by atoms with van der Waals surface area (Å²) >= 11 is 5.50. The molecule has 5 rings (SSSR count). The lowest BCUT2D eigenvalue weighted by Crippen LogP contribution is -2.58. The number of nitriles is 1. The molecule has 4 N–H and O–H groups in total. The van der Waals surface area contributed by atoms with Crippen molar-refractivity contribution in [3.8, 4) is 23.1 Å². The second-order valence-corrected chi connectivity index (χ2v) is 18.9. The number of thiocarbonyl (C=S) groups is 1. The fraction of sp³-hybridized carbons (Fsp3) is 0.400. The molecule has 0 radical (unpaired) electrons. The number of likely N-dealkylation sites (tertiary alicyclic amines) is 1. The van der Waals surface area contributed by atoms with Gasteiger partial charge < -0.3 is 45.3 Å². The fourth-order valence-corrected chi connectivity index (χ4v) is 8.22. The molecule has 4 aromatic rings. The first kappa shape index (κ1) is 55.8. The van der Waals surface area contributed by atoms with Gasteiger partial charge in [0.2, 0.25) is 23.6 Å². The number of hydrogen-bond donors (Lipinski definition) is 3. The Balaban J connectivity index is 1.12. The minimum absolute atomic E-state index is 0.000779. The highest BCUT2D eigenvalue weighted by atomic mass is 32.1. The molecule has 3 aromatic carbocycles. The van der Waals surface area contributed by atoms with Crippen molar-refractivity contribution in [2.45, 2.75) is 90.6 Å². The monoisotopic (exact) mass is 1020 g/mol. The highest BCUT2D eigenvalue weighted by Gasteiger charge is 2.43. The van der Waals surface area contributed by atoms with Gasteiger partial charge in [0.1, 0.15) is 36.2 Å². The molecule has 2 atom stereocenters. The zero-order valence-electron chi connectivity index (χ0n) is 40.3. The van der Waals surface area contributed by atoms with E-state index in [1.54, 1.807) is 45.0 Å². The molecule has 0 aliphatic carbocycles. The maximum absolute atomic E-state index is 15.8. The van der Waals surface area contributed by atoms with Gasteiger partial charge in [-0.1, -0.05) is 32.9 Å². The van der Waals surface area contributed by atoms with Crippen LogP contribution < -0.4 is 30.9 Å². The van der Waals surface area contributed by atoms with Crippen LogP contribution in [0.5, 0.6) is 5.75 Å². The molecule has 384 valence electrons. The summed E-state index contributed by atoms with van der Waals surface area (Å²) in [5.74, 6) is -5.65. The highest BCUT2D eigenvalue weighted by molar-refractivity contribution is 7.80. The van der Waals surface area contributed by atoms with Crippen LogP contribution in [0.4, 0.5) is 37.7 Å². The van der Waals surface area contributed by atoms with Crippen LogP contribution in [-0.2, 0) is 36.6 Å². The zero-order valence-corrected chi connectivity index (χ0v) is 41.1. The van der Waals surface area contributed by atoms with Crippen LogP contribution in [0.1, 0.15) is 87.4 Å². The number of primary amides is 1. The van der Waals surface area contributed by atoms with Crippen molar-refractivity contribution in [2.24, 2.45) is 11.1 Å². The van der Waals surface area contributed by atoms with E-state index in [1.807, 2.05) is 0 Å². The lowest BCUT2D eigenvalue weighted by atomic mass is 9.85. The predicted molar refractivity (Wildman–Crippen MR) is 258 cm³/mol. The number of pyridine rings is 1. The Morgan fingerprint density at radius 2 is 1.67 bits per heavy atom. The number of carbonyl (C=O) groups is 5. The Morgan fingerprint density at radius 3 is 2.26 bits per heavy atom. The average molecular weight is 1030 g/mol. The van der Waals surface area contributed by atoms with Crippen molar-refractivity contribution in [1.29, 1.82) is 5.26 Å². The summed E-state index contributed by atoms with van der Waals surface area (Å²) in [5, 5.41) is 14.3. The lowest BCUT2D eigenvalue weighted by molar-refractivity contribution is -0.144. The highest BCUT2D eigenvalue weighted by Crippen LogP contribution is 2.39. The van der Waals surface area contributed by atoms with Crippen LogP contribution in [0, 0.1) is 34.2 Å². The molecule has 2 heterocycles. The van der Waals surface area contributed by atoms with Crippen LogP contribution in [0.15, 0.2) is 66.9 Å². The SMILES string of the molecule is CN(C(=S)N(c1cnc(-c2ccc(OCCCCOCC(=O)NC(C(=O)N3CCC[C@H]3C(=O)NCc3ccc(C(N)=O)cc3)C(C)(C)C)c(F)c2)c(F)c1)C(C)(C)C=O)c1ccc(C#N)c(C(F)(F)F)c1F. The van der Waals surface area contributed by atoms with Crippen molar-refractivity contribution >= 4 is 58.6 Å². The van der Waals surface area contributed by atoms with E-state index >= 15 is 13.2 Å². The van der Waals surface area contributed by atoms with E-state index in [1.165, 1.54) is 36.9 Å². The van der Waals surface area contributed by atoms with E-state index in [9.17, 15) is 37.1 Å². The largest absolute Gasteiger partial charge is 0.491 e. The molecule has 0 spiro atoms. The van der Waals surface area contributed by atoms with E-state index < -0.39 is 86.3 Å². The van der Waals surface area contributed by atoms with E-state index in [0.29, 0.717) is 44.1 Å². The summed E-state index contributed by atoms with van der Waals surface area (Å²) < 4.78 is 98.9. The number of rotatable bonds is 19. The number of nitrogens with one attached hydrogen (secondary N) is 2. The Bertz CT molecular complexity index is 2730. The summed E-state index contributed by atoms with van der Waals surface area (Å²) in [7, 11) is 1.13. The van der Waals surface area contributed by atoms with Crippen molar-refractivity contribution in [3.63, 3.8) is 0 Å². The van der Waals surface area contributed by atoms with Crippen LogP contribution in [-0.4, -0.2) is 95.9 Å². The van der Waals surface area contributed by atoms with Gasteiger partial charge in [-0.15, -0.1) is 0 Å². The third-order valence-corrected chi connectivity index (χ3v) is 12.1. The molecular weight excluding hydrogens is 971 g/mol. The van der Waals surface area contributed by atoms with Gasteiger partial charge in [0.25, 0.3) is 0 Å². The lowest BCUT2D eigenvalue weighted by Gasteiger charge is -2.39. The maximum atomic E-state index is 15.8. The van der Waals surface area contributed by atoms with Gasteiger partial charge in [0, 0.05) is 43.9 Å². The number of unbranched alkanes of at least 4 members (excludes halogenated alkanes) is 1. The summed E-state index contributed by atoms with van der Waals surface area (Å²) in [5.41, 5.74) is 0.149. The smallest absolute Gasteiger partial charge is 0.420 e. The number of benzene rings is 3. The maximum Gasteiger partial charge on any atom is 0.420 e. The third kappa shape index (κ3) is 13.4. The van der Waals surface area contributed by atoms with Gasteiger partial charge in [-0.2, -0.15) is 18.4 Å². The third-order valence-electron chi connectivity index (χ3n) is 11.7. The van der Waals surface area contributed by atoms with Gasteiger partial charge in [-0.3, -0.25) is 24.2 Å². The van der Waals surface area contributed by atoms with Gasteiger partial charge in [-0.25, -0.2) is 13.2 Å². The van der Waals surface area contributed by atoms with E-state index in [0.717, 1.165) is 52.9 Å². The van der Waals surface area contributed by atoms with E-state index in [2.05, 4.69) is 15.6 Å². The van der Waals surface area contributed by atoms with Gasteiger partial charge >= 0.3 is 6.18 Å². The molecule has 1 aliphatic heterocycles. The first-order valence-corrected chi connectivity index (χ1v) is 23.0. The molecule has 1 aromatic heterocycles. The van der Waals surface area contributed by atoms with Crippen molar-refractivity contribution in [3.05, 3.63) is 107 Å². The standard InChI is InChI=1S/C50H54F6N8O7S/c1-48(2,3)43(46(69)63-19-9-10-37(63)45(68)60-25-29-11-13-30(14-12-29)44(58)67)61-39(66)27-70-20-7-8-21-71-38-18-16-31(22-34(38)51)42-35(52)23-33(26-59-42)64(49(4,5)28-65)47(72)62(6)36-17-15-32(24-57)40(41(36)53)50(54,55)56/h11-18,22-23,26,28,37,43H,7-10,19-21,25,27H2,1-6H3,(H2,58,67)(H,60,68)(H,61,66)/t37-,43?/m0/s1. The molecule has 0 saturated carbocycles. The quantitative estimate of drug-likeness (QED) is 0.0365. The first-order chi connectivity index (χ1) is 33.8. The molecule has 72 heavy (non-hydrogen) atoms. The van der Waals surface area contributed by atoms with Crippen molar-refractivity contribution in [2.75, 3.05) is 43.2 Å². The Kier molecular flexibility index (Phi) is 18.1. The summed E-state index contributed by atoms with van der Waals surface area (Å²) in [6.07, 6.45) is -1.87. The molecule has 1 saturated heterocycles. The normalized spacial score (nSPS) is 14.2. The number of aromatic nitrogens is 1. The van der Waals surface area contributed by atoms with Crippen LogP contribution in [0.3, 0.4) is 0 Å². The number of anilines is 2. The second kappa shape index (κ2) is 23.4. The number of alkyl halides is 3. The van der Waals surface area contributed by atoms with E-state index in [4.69, 9.17) is 32.7 Å². The fourth-order valence-electron chi connectivity index (χ4n) is 7.78. The molecule has 1 unspecified atom stereocenters. The number of amides is 4. The van der Waals surface area contributed by atoms with Crippen molar-refractivity contribution in [1.82, 2.24) is 20.5 Å². The number of halogens is 6. The second-order valence-electron chi connectivity index (χ2n) is 18.5. The summed E-state index contributed by atoms with van der Waals surface area (Å²) in [6, 6.07) is 12.3. The van der Waals surface area contributed by atoms with Crippen LogP contribution in [0.2, 0.25) is 0 Å². The molecule has 4 amide bonds. The van der Waals surface area contributed by atoms with Crippen LogP contribution >= 0.6 is 12.2 Å². The molecule has 1 fully saturated rings. The number of ether oxygens (including phenoxy) is 2. The topological polar surface area (TPSA) is 200 Å². The number of aldehydes is 1. The summed E-state index contributed by atoms with van der Waals surface area (Å²) in [6.45, 7) is 8.44. The number of nitrogens with zero attached hydrogens (tertiary/aromatic N) is 5. The zero-order chi connectivity index (χ0) is 53.3. The minimum Gasteiger partial charge on any atom is -0.491 e. The van der Waals surface area contributed by atoms with Crippen LogP contribution in [0.25, 0.3) is 11.3 Å². The predicted octanol–water partition coefficient (Wildman–Crippen LogP) is 7.37. The Labute approximate surface area is 417 Å².